The third kappa shape index (κ3) is 2.38. The molecule has 0 radical (unpaired) electrons. The first-order valence-corrected chi connectivity index (χ1v) is 8.30. The average Bonchev–Trinajstić information content (AvgIpc) is 3.15. The van der Waals surface area contributed by atoms with Gasteiger partial charge in [0.25, 0.3) is 0 Å². The molecule has 0 spiro atoms. The van der Waals surface area contributed by atoms with E-state index in [-0.39, 0.29) is 0 Å². The Morgan fingerprint density at radius 3 is 2.92 bits per heavy atom. The van der Waals surface area contributed by atoms with E-state index in [1.54, 1.807) is 0 Å². The van der Waals surface area contributed by atoms with Crippen LogP contribution in [0.5, 0.6) is 0 Å². The lowest BCUT2D eigenvalue weighted by Gasteiger charge is -2.27. The second-order valence-corrected chi connectivity index (χ2v) is 6.63. The van der Waals surface area contributed by atoms with Crippen molar-refractivity contribution in [1.82, 2.24) is 24.1 Å². The number of aromatic nitrogens is 4. The van der Waals surface area contributed by atoms with Crippen LogP contribution in [0.4, 0.5) is 0 Å². The van der Waals surface area contributed by atoms with Crippen molar-refractivity contribution in [3.05, 3.63) is 53.4 Å². The number of rotatable bonds is 3. The van der Waals surface area contributed by atoms with Crippen molar-refractivity contribution >= 4 is 5.52 Å². The Hall–Kier alpha value is -2.65. The molecule has 0 atom stereocenters. The van der Waals surface area contributed by atoms with Crippen LogP contribution in [0.3, 0.4) is 0 Å². The molecule has 3 aromatic rings. The summed E-state index contributed by atoms with van der Waals surface area (Å²) in [5, 5.41) is 18.2. The molecular formula is C18H20N6. The second kappa shape index (κ2) is 5.77. The lowest BCUT2D eigenvalue weighted by molar-refractivity contribution is 0.206. The molecule has 4 heterocycles. The first-order valence-electron chi connectivity index (χ1n) is 8.30. The van der Waals surface area contributed by atoms with Crippen molar-refractivity contribution in [2.75, 3.05) is 6.54 Å². The number of nitriles is 1. The number of hydrogen-bond donors (Lipinski definition) is 0. The fraction of sp³-hybridized carbons (Fsp3) is 0.389. The molecule has 0 aliphatic carbocycles. The molecule has 3 aromatic heterocycles. The first kappa shape index (κ1) is 14.9. The van der Waals surface area contributed by atoms with Crippen LogP contribution in [0.25, 0.3) is 5.52 Å². The molecule has 1 aliphatic heterocycles. The molecule has 0 saturated carbocycles. The zero-order valence-corrected chi connectivity index (χ0v) is 14.0. The van der Waals surface area contributed by atoms with E-state index in [1.807, 2.05) is 28.8 Å². The Morgan fingerprint density at radius 1 is 1.25 bits per heavy atom. The lowest BCUT2D eigenvalue weighted by atomic mass is 10.1. The van der Waals surface area contributed by atoms with Gasteiger partial charge in [0.2, 0.25) is 0 Å². The molecule has 4 rings (SSSR count). The van der Waals surface area contributed by atoms with Crippen molar-refractivity contribution in [1.29, 1.82) is 5.26 Å². The predicted octanol–water partition coefficient (Wildman–Crippen LogP) is 2.54. The summed E-state index contributed by atoms with van der Waals surface area (Å²) in [6.07, 6.45) is 4.05. The van der Waals surface area contributed by atoms with E-state index in [9.17, 15) is 5.26 Å². The zero-order chi connectivity index (χ0) is 16.7. The Kier molecular flexibility index (Phi) is 3.58. The van der Waals surface area contributed by atoms with Gasteiger partial charge in [-0.15, -0.1) is 10.2 Å². The minimum atomic E-state index is 0.389. The van der Waals surface area contributed by atoms with Gasteiger partial charge in [0.15, 0.2) is 0 Å². The van der Waals surface area contributed by atoms with Gasteiger partial charge in [-0.05, 0) is 12.1 Å². The molecule has 0 bridgehead atoms. The van der Waals surface area contributed by atoms with E-state index in [0.717, 1.165) is 54.5 Å². The molecule has 0 aromatic carbocycles. The van der Waals surface area contributed by atoms with Crippen LogP contribution in [-0.4, -0.2) is 30.6 Å². The summed E-state index contributed by atoms with van der Waals surface area (Å²) in [5.74, 6) is 2.48. The van der Waals surface area contributed by atoms with Gasteiger partial charge in [-0.3, -0.25) is 4.90 Å². The molecular weight excluding hydrogens is 300 g/mol. The fourth-order valence-electron chi connectivity index (χ4n) is 3.46. The standard InChI is InChI=1S/C18H20N6/c1-13(2)18-21-20-17-12-22(7-8-24(17)18)10-14-11-23-6-4-3-5-16(23)15(14)9-19/h3-6,11,13H,7-8,10,12H2,1-2H3. The summed E-state index contributed by atoms with van der Waals surface area (Å²) < 4.78 is 4.26. The van der Waals surface area contributed by atoms with Crippen LogP contribution in [0.15, 0.2) is 30.6 Å². The number of hydrogen-bond acceptors (Lipinski definition) is 4. The van der Waals surface area contributed by atoms with Gasteiger partial charge in [0.05, 0.1) is 17.6 Å². The van der Waals surface area contributed by atoms with E-state index in [4.69, 9.17) is 0 Å². The Balaban J connectivity index is 1.60. The molecule has 0 amide bonds. The SMILES string of the molecule is CC(C)c1nnc2n1CCN(Cc1cn3ccccc3c1C#N)C2. The molecule has 6 heteroatoms. The first-order chi connectivity index (χ1) is 11.7. The normalized spacial score (nSPS) is 14.9. The van der Waals surface area contributed by atoms with Gasteiger partial charge in [0, 0.05) is 43.5 Å². The maximum absolute atomic E-state index is 9.55. The smallest absolute Gasteiger partial charge is 0.147 e. The zero-order valence-electron chi connectivity index (χ0n) is 14.0. The number of fused-ring (bicyclic) bond motifs is 2. The van der Waals surface area contributed by atoms with E-state index >= 15 is 0 Å². The average molecular weight is 320 g/mol. The molecule has 0 unspecified atom stereocenters. The third-order valence-electron chi connectivity index (χ3n) is 4.65. The molecule has 6 nitrogen and oxygen atoms in total. The minimum Gasteiger partial charge on any atom is -0.322 e. The number of nitrogens with zero attached hydrogens (tertiary/aromatic N) is 6. The topological polar surface area (TPSA) is 62.1 Å². The van der Waals surface area contributed by atoms with Crippen LogP contribution in [0.1, 0.15) is 42.5 Å². The van der Waals surface area contributed by atoms with Crippen molar-refractivity contribution < 1.29 is 0 Å². The van der Waals surface area contributed by atoms with E-state index in [0.29, 0.717) is 5.92 Å². The van der Waals surface area contributed by atoms with Crippen molar-refractivity contribution in [3.8, 4) is 6.07 Å². The van der Waals surface area contributed by atoms with Crippen LogP contribution >= 0.6 is 0 Å². The summed E-state index contributed by atoms with van der Waals surface area (Å²) in [5.41, 5.74) is 2.81. The van der Waals surface area contributed by atoms with Gasteiger partial charge in [-0.2, -0.15) is 5.26 Å². The highest BCUT2D eigenvalue weighted by molar-refractivity contribution is 5.65. The largest absolute Gasteiger partial charge is 0.322 e. The molecule has 122 valence electrons. The highest BCUT2D eigenvalue weighted by Gasteiger charge is 2.23. The highest BCUT2D eigenvalue weighted by atomic mass is 15.3. The van der Waals surface area contributed by atoms with Crippen LogP contribution in [0.2, 0.25) is 0 Å². The molecule has 24 heavy (non-hydrogen) atoms. The Bertz CT molecular complexity index is 927. The summed E-state index contributed by atoms with van der Waals surface area (Å²) in [4.78, 5) is 2.34. The Morgan fingerprint density at radius 2 is 2.12 bits per heavy atom. The van der Waals surface area contributed by atoms with Gasteiger partial charge < -0.3 is 8.97 Å². The summed E-state index contributed by atoms with van der Waals surface area (Å²) in [7, 11) is 0. The van der Waals surface area contributed by atoms with Gasteiger partial charge in [-0.25, -0.2) is 0 Å². The van der Waals surface area contributed by atoms with E-state index < -0.39 is 0 Å². The van der Waals surface area contributed by atoms with Crippen LogP contribution in [-0.2, 0) is 19.6 Å². The predicted molar refractivity (Wildman–Crippen MR) is 90.3 cm³/mol. The molecule has 0 saturated heterocycles. The van der Waals surface area contributed by atoms with Crippen LogP contribution < -0.4 is 0 Å². The molecule has 0 N–H and O–H groups in total. The van der Waals surface area contributed by atoms with Gasteiger partial charge in [-0.1, -0.05) is 19.9 Å². The second-order valence-electron chi connectivity index (χ2n) is 6.63. The van der Waals surface area contributed by atoms with Gasteiger partial charge in [0.1, 0.15) is 17.7 Å². The fourth-order valence-corrected chi connectivity index (χ4v) is 3.46. The maximum atomic E-state index is 9.55. The highest BCUT2D eigenvalue weighted by Crippen LogP contribution is 2.23. The van der Waals surface area contributed by atoms with E-state index in [1.165, 1.54) is 0 Å². The molecule has 1 aliphatic rings. The number of pyridine rings is 1. The summed E-state index contributed by atoms with van der Waals surface area (Å²) >= 11 is 0. The summed E-state index contributed by atoms with van der Waals surface area (Å²) in [6.45, 7) is 7.68. The molecule has 0 fully saturated rings. The Labute approximate surface area is 140 Å². The quantitative estimate of drug-likeness (QED) is 0.744. The van der Waals surface area contributed by atoms with Crippen molar-refractivity contribution in [2.24, 2.45) is 0 Å². The van der Waals surface area contributed by atoms with Crippen molar-refractivity contribution in [3.63, 3.8) is 0 Å². The lowest BCUT2D eigenvalue weighted by Crippen LogP contribution is -2.34. The minimum absolute atomic E-state index is 0.389. The summed E-state index contributed by atoms with van der Waals surface area (Å²) in [6, 6.07) is 8.31. The van der Waals surface area contributed by atoms with Gasteiger partial charge >= 0.3 is 0 Å². The third-order valence-corrected chi connectivity index (χ3v) is 4.65. The van der Waals surface area contributed by atoms with E-state index in [2.05, 4.69) is 45.8 Å². The van der Waals surface area contributed by atoms with Crippen molar-refractivity contribution in [2.45, 2.75) is 39.4 Å². The van der Waals surface area contributed by atoms with Crippen LogP contribution in [0, 0.1) is 11.3 Å². The monoisotopic (exact) mass is 320 g/mol. The maximum Gasteiger partial charge on any atom is 0.147 e.